The molecule has 0 N–H and O–H groups in total. The summed E-state index contributed by atoms with van der Waals surface area (Å²) in [7, 11) is 1.65. The molecule has 0 saturated carbocycles. The number of hydrogen-bond donors (Lipinski definition) is 0. The highest BCUT2D eigenvalue weighted by atomic mass is 32.2. The first-order chi connectivity index (χ1) is 14.7. The fourth-order valence-corrected chi connectivity index (χ4v) is 5.66. The Bertz CT molecular complexity index is 1070. The van der Waals surface area contributed by atoms with Crippen LogP contribution in [0.25, 0.3) is 10.9 Å². The van der Waals surface area contributed by atoms with Crippen molar-refractivity contribution in [2.75, 3.05) is 26.0 Å². The number of likely N-dealkylation sites (tertiary alicyclic amines) is 1. The lowest BCUT2D eigenvalue weighted by Gasteiger charge is -2.24. The van der Waals surface area contributed by atoms with Crippen molar-refractivity contribution in [1.29, 1.82) is 0 Å². The van der Waals surface area contributed by atoms with Gasteiger partial charge in [0, 0.05) is 31.7 Å². The zero-order chi connectivity index (χ0) is 20.9. The van der Waals surface area contributed by atoms with Crippen molar-refractivity contribution in [2.45, 2.75) is 37.0 Å². The third-order valence-corrected chi connectivity index (χ3v) is 7.26. The van der Waals surface area contributed by atoms with Crippen LogP contribution in [-0.2, 0) is 16.1 Å². The standard InChI is InChI=1S/C22H25N3O3S2/c1-28-13-6-12-25-21(27)16-7-2-3-8-17(16)23-22(25)30-15-20(26)24-11-4-9-18(24)19-10-5-14-29-19/h2-3,5,7-8,10,14,18H,4,6,9,11-13,15H2,1H3/t18-/m0/s1. The summed E-state index contributed by atoms with van der Waals surface area (Å²) in [5, 5.41) is 3.25. The van der Waals surface area contributed by atoms with E-state index in [1.165, 1.54) is 16.6 Å². The highest BCUT2D eigenvalue weighted by Crippen LogP contribution is 2.35. The van der Waals surface area contributed by atoms with Crippen LogP contribution in [0.15, 0.2) is 51.7 Å². The van der Waals surface area contributed by atoms with Crippen LogP contribution in [-0.4, -0.2) is 46.4 Å². The molecule has 1 saturated heterocycles. The summed E-state index contributed by atoms with van der Waals surface area (Å²) >= 11 is 3.05. The van der Waals surface area contributed by atoms with Crippen LogP contribution >= 0.6 is 23.1 Å². The molecule has 1 amide bonds. The van der Waals surface area contributed by atoms with Crippen LogP contribution in [0.4, 0.5) is 0 Å². The normalized spacial score (nSPS) is 16.4. The maximum Gasteiger partial charge on any atom is 0.262 e. The summed E-state index contributed by atoms with van der Waals surface area (Å²) < 4.78 is 6.82. The number of benzene rings is 1. The van der Waals surface area contributed by atoms with Gasteiger partial charge >= 0.3 is 0 Å². The van der Waals surface area contributed by atoms with Gasteiger partial charge in [-0.2, -0.15) is 0 Å². The van der Waals surface area contributed by atoms with Gasteiger partial charge in [-0.15, -0.1) is 11.3 Å². The van der Waals surface area contributed by atoms with E-state index in [-0.39, 0.29) is 23.3 Å². The van der Waals surface area contributed by atoms with Crippen LogP contribution in [0.3, 0.4) is 0 Å². The number of thiophene rings is 1. The third-order valence-electron chi connectivity index (χ3n) is 5.33. The van der Waals surface area contributed by atoms with Crippen LogP contribution < -0.4 is 5.56 Å². The van der Waals surface area contributed by atoms with Crippen molar-refractivity contribution in [1.82, 2.24) is 14.5 Å². The molecule has 30 heavy (non-hydrogen) atoms. The van der Waals surface area contributed by atoms with E-state index >= 15 is 0 Å². The summed E-state index contributed by atoms with van der Waals surface area (Å²) in [5.41, 5.74) is 0.599. The van der Waals surface area contributed by atoms with Gasteiger partial charge in [-0.25, -0.2) is 4.98 Å². The van der Waals surface area contributed by atoms with E-state index in [0.717, 1.165) is 19.4 Å². The molecule has 158 valence electrons. The molecular formula is C22H25N3O3S2. The summed E-state index contributed by atoms with van der Waals surface area (Å²) in [5.74, 6) is 0.374. The van der Waals surface area contributed by atoms with Crippen molar-refractivity contribution >= 4 is 39.9 Å². The first-order valence-corrected chi connectivity index (χ1v) is 12.0. The van der Waals surface area contributed by atoms with E-state index in [1.807, 2.05) is 29.2 Å². The van der Waals surface area contributed by atoms with Gasteiger partial charge in [0.15, 0.2) is 5.16 Å². The lowest BCUT2D eigenvalue weighted by atomic mass is 10.2. The first-order valence-electron chi connectivity index (χ1n) is 10.1. The van der Waals surface area contributed by atoms with E-state index in [0.29, 0.717) is 35.6 Å². The molecule has 1 fully saturated rings. The Hall–Kier alpha value is -2.16. The molecule has 4 rings (SSSR count). The van der Waals surface area contributed by atoms with Gasteiger partial charge in [-0.1, -0.05) is 30.0 Å². The van der Waals surface area contributed by atoms with E-state index in [9.17, 15) is 9.59 Å². The Labute approximate surface area is 183 Å². The van der Waals surface area contributed by atoms with Crippen molar-refractivity contribution in [3.05, 3.63) is 57.0 Å². The molecule has 0 radical (unpaired) electrons. The molecule has 1 aliphatic heterocycles. The molecule has 0 spiro atoms. The molecule has 0 bridgehead atoms. The molecule has 1 atom stereocenters. The zero-order valence-corrected chi connectivity index (χ0v) is 18.6. The van der Waals surface area contributed by atoms with Gasteiger partial charge in [0.2, 0.25) is 5.91 Å². The van der Waals surface area contributed by atoms with Gasteiger partial charge in [-0.3, -0.25) is 14.2 Å². The summed E-state index contributed by atoms with van der Waals surface area (Å²) in [4.78, 5) is 34.0. The van der Waals surface area contributed by atoms with Crippen LogP contribution in [0.1, 0.15) is 30.2 Å². The van der Waals surface area contributed by atoms with Crippen molar-refractivity contribution in [2.24, 2.45) is 0 Å². The summed E-state index contributed by atoms with van der Waals surface area (Å²) in [6, 6.07) is 11.7. The monoisotopic (exact) mass is 443 g/mol. The van der Waals surface area contributed by atoms with Gasteiger partial charge in [0.05, 0.1) is 22.7 Å². The summed E-state index contributed by atoms with van der Waals surface area (Å²) in [6.45, 7) is 1.87. The second-order valence-electron chi connectivity index (χ2n) is 7.26. The van der Waals surface area contributed by atoms with E-state index < -0.39 is 0 Å². The number of para-hydroxylation sites is 1. The SMILES string of the molecule is COCCCn1c(SCC(=O)N2CCC[C@H]2c2cccs2)nc2ccccc2c1=O. The number of thioether (sulfide) groups is 1. The minimum absolute atomic E-state index is 0.0655. The van der Waals surface area contributed by atoms with Crippen molar-refractivity contribution < 1.29 is 9.53 Å². The Balaban J connectivity index is 1.54. The quantitative estimate of drug-likeness (QED) is 0.300. The number of rotatable bonds is 8. The Morgan fingerprint density at radius 1 is 1.30 bits per heavy atom. The molecule has 8 heteroatoms. The molecule has 3 aromatic rings. The highest BCUT2D eigenvalue weighted by Gasteiger charge is 2.30. The average Bonchev–Trinajstić information content (AvgIpc) is 3.45. The minimum atomic E-state index is -0.0655. The lowest BCUT2D eigenvalue weighted by molar-refractivity contribution is -0.129. The number of methoxy groups -OCH3 is 1. The molecular weight excluding hydrogens is 418 g/mol. The average molecular weight is 444 g/mol. The van der Waals surface area contributed by atoms with Crippen LogP contribution in [0.2, 0.25) is 0 Å². The number of aromatic nitrogens is 2. The largest absolute Gasteiger partial charge is 0.385 e. The van der Waals surface area contributed by atoms with Crippen molar-refractivity contribution in [3.63, 3.8) is 0 Å². The number of nitrogens with zero attached hydrogens (tertiary/aromatic N) is 3. The molecule has 6 nitrogen and oxygen atoms in total. The minimum Gasteiger partial charge on any atom is -0.385 e. The van der Waals surface area contributed by atoms with Gasteiger partial charge < -0.3 is 9.64 Å². The molecule has 3 heterocycles. The third kappa shape index (κ3) is 4.45. The van der Waals surface area contributed by atoms with Gasteiger partial charge in [0.25, 0.3) is 5.56 Å². The number of hydrogen-bond acceptors (Lipinski definition) is 6. The zero-order valence-electron chi connectivity index (χ0n) is 17.0. The Kier molecular flexibility index (Phi) is 6.86. The first kappa shape index (κ1) is 21.1. The molecule has 1 aliphatic rings. The van der Waals surface area contributed by atoms with Crippen molar-refractivity contribution in [3.8, 4) is 0 Å². The highest BCUT2D eigenvalue weighted by molar-refractivity contribution is 7.99. The van der Waals surface area contributed by atoms with Crippen LogP contribution in [0.5, 0.6) is 0 Å². The van der Waals surface area contributed by atoms with E-state index in [2.05, 4.69) is 11.4 Å². The van der Waals surface area contributed by atoms with Gasteiger partial charge in [0.1, 0.15) is 0 Å². The second-order valence-corrected chi connectivity index (χ2v) is 9.19. The van der Waals surface area contributed by atoms with E-state index in [4.69, 9.17) is 9.72 Å². The predicted molar refractivity (Wildman–Crippen MR) is 121 cm³/mol. The lowest BCUT2D eigenvalue weighted by Crippen LogP contribution is -2.32. The molecule has 0 unspecified atom stereocenters. The number of fused-ring (bicyclic) bond motifs is 1. The topological polar surface area (TPSA) is 64.4 Å². The Morgan fingerprint density at radius 3 is 2.97 bits per heavy atom. The smallest absolute Gasteiger partial charge is 0.262 e. The predicted octanol–water partition coefficient (Wildman–Crippen LogP) is 3.95. The molecule has 2 aromatic heterocycles. The number of carbonyl (C=O) groups excluding carboxylic acids is 1. The number of amides is 1. The maximum absolute atomic E-state index is 13.0. The Morgan fingerprint density at radius 2 is 2.17 bits per heavy atom. The fraction of sp³-hybridized carbons (Fsp3) is 0.409. The fourth-order valence-electron chi connectivity index (χ4n) is 3.87. The maximum atomic E-state index is 13.0. The van der Waals surface area contributed by atoms with Gasteiger partial charge in [-0.05, 0) is 42.8 Å². The molecule has 1 aromatic carbocycles. The van der Waals surface area contributed by atoms with E-state index in [1.54, 1.807) is 29.1 Å². The van der Waals surface area contributed by atoms with Crippen LogP contribution in [0, 0.1) is 0 Å². The second kappa shape index (κ2) is 9.76. The number of ether oxygens (including phenoxy) is 1. The molecule has 0 aliphatic carbocycles. The summed E-state index contributed by atoms with van der Waals surface area (Å²) in [6.07, 6.45) is 2.74. The number of carbonyl (C=O) groups is 1.